The zero-order chi connectivity index (χ0) is 22.7. The second-order valence-corrected chi connectivity index (χ2v) is 7.07. The predicted molar refractivity (Wildman–Crippen MR) is 102 cm³/mol. The number of ether oxygens (including phenoxy) is 6. The van der Waals surface area contributed by atoms with Crippen LogP contribution in [0, 0.1) is 0 Å². The lowest BCUT2D eigenvalue weighted by atomic mass is 9.98. The maximum Gasteiger partial charge on any atom is 0.303 e. The monoisotopic (exact) mass is 452 g/mol. The fourth-order valence-electron chi connectivity index (χ4n) is 2.90. The van der Waals surface area contributed by atoms with Crippen LogP contribution in [0.4, 0.5) is 0 Å². The van der Waals surface area contributed by atoms with E-state index >= 15 is 0 Å². The Bertz CT molecular complexity index is 596. The summed E-state index contributed by atoms with van der Waals surface area (Å²) in [6.07, 6.45) is -3.47. The van der Waals surface area contributed by atoms with Crippen LogP contribution in [0.2, 0.25) is 0 Å². The molecule has 0 aromatic heterocycles. The molecule has 1 aliphatic rings. The summed E-state index contributed by atoms with van der Waals surface area (Å²) in [5.74, 6) is -2.10. The van der Waals surface area contributed by atoms with Gasteiger partial charge < -0.3 is 28.4 Å². The summed E-state index contributed by atoms with van der Waals surface area (Å²) in [5.41, 5.74) is 0. The minimum Gasteiger partial charge on any atom is -0.463 e. The van der Waals surface area contributed by atoms with Gasteiger partial charge in [-0.1, -0.05) is 0 Å². The number of hydrogen-bond acceptors (Lipinski definition) is 10. The molecule has 0 aromatic carbocycles. The van der Waals surface area contributed by atoms with Crippen molar-refractivity contribution >= 4 is 35.5 Å². The first-order valence-corrected chi connectivity index (χ1v) is 10.2. The molecule has 1 aliphatic heterocycles. The standard InChI is InChI=1S/C19H29ClO10/c1-11(21)26-10-15-16(27-12(2)22)17(28-13(3)23)18(29-14(4)24)19(30-15)25-9-7-5-6-8-20/h15-19H,5-10H2,1-4H3/t15-,16-,17+,18+,19+/m1/s1. The zero-order valence-electron chi connectivity index (χ0n) is 17.6. The van der Waals surface area contributed by atoms with Crippen molar-refractivity contribution in [3.63, 3.8) is 0 Å². The van der Waals surface area contributed by atoms with Crippen molar-refractivity contribution in [2.75, 3.05) is 19.1 Å². The van der Waals surface area contributed by atoms with Crippen LogP contribution < -0.4 is 0 Å². The fourth-order valence-corrected chi connectivity index (χ4v) is 3.08. The second kappa shape index (κ2) is 13.4. The van der Waals surface area contributed by atoms with Crippen LogP contribution in [0.15, 0.2) is 0 Å². The predicted octanol–water partition coefficient (Wildman–Crippen LogP) is 1.50. The lowest BCUT2D eigenvalue weighted by molar-refractivity contribution is -0.308. The molecule has 0 saturated carbocycles. The molecule has 0 unspecified atom stereocenters. The van der Waals surface area contributed by atoms with Gasteiger partial charge in [-0.15, -0.1) is 11.6 Å². The highest BCUT2D eigenvalue weighted by atomic mass is 35.5. The molecule has 10 nitrogen and oxygen atoms in total. The smallest absolute Gasteiger partial charge is 0.303 e. The first-order chi connectivity index (χ1) is 14.1. The molecule has 0 aliphatic carbocycles. The fraction of sp³-hybridized carbons (Fsp3) is 0.789. The number of hydrogen-bond donors (Lipinski definition) is 0. The molecular weight excluding hydrogens is 424 g/mol. The minimum absolute atomic E-state index is 0.255. The Kier molecular flexibility index (Phi) is 11.7. The van der Waals surface area contributed by atoms with Crippen molar-refractivity contribution in [3.8, 4) is 0 Å². The maximum atomic E-state index is 11.7. The summed E-state index contributed by atoms with van der Waals surface area (Å²) in [5, 5.41) is 0. The van der Waals surface area contributed by atoms with Gasteiger partial charge in [-0.3, -0.25) is 19.2 Å². The topological polar surface area (TPSA) is 124 Å². The molecule has 0 bridgehead atoms. The summed E-state index contributed by atoms with van der Waals surface area (Å²) >= 11 is 5.66. The molecule has 11 heteroatoms. The molecular formula is C19H29ClO10. The Balaban J connectivity index is 3.13. The van der Waals surface area contributed by atoms with E-state index in [1.54, 1.807) is 0 Å². The Labute approximate surface area is 180 Å². The molecule has 0 radical (unpaired) electrons. The van der Waals surface area contributed by atoms with Gasteiger partial charge >= 0.3 is 23.9 Å². The second-order valence-electron chi connectivity index (χ2n) is 6.69. The molecule has 0 spiro atoms. The number of rotatable bonds is 11. The molecule has 30 heavy (non-hydrogen) atoms. The Morgan fingerprint density at radius 2 is 1.33 bits per heavy atom. The number of unbranched alkanes of at least 4 members (excludes halogenated alkanes) is 2. The third-order valence-electron chi connectivity index (χ3n) is 4.01. The molecule has 1 heterocycles. The van der Waals surface area contributed by atoms with Crippen LogP contribution in [-0.2, 0) is 47.6 Å². The summed E-state index contributed by atoms with van der Waals surface area (Å²) in [6, 6.07) is 0. The van der Waals surface area contributed by atoms with Crippen molar-refractivity contribution in [3.05, 3.63) is 0 Å². The highest BCUT2D eigenvalue weighted by molar-refractivity contribution is 6.17. The van der Waals surface area contributed by atoms with Gasteiger partial charge in [-0.05, 0) is 19.3 Å². The third kappa shape index (κ3) is 9.27. The van der Waals surface area contributed by atoms with Crippen molar-refractivity contribution in [2.45, 2.75) is 77.7 Å². The Morgan fingerprint density at radius 3 is 1.87 bits per heavy atom. The highest BCUT2D eigenvalue weighted by Gasteiger charge is 2.52. The van der Waals surface area contributed by atoms with Crippen LogP contribution in [0.1, 0.15) is 47.0 Å². The van der Waals surface area contributed by atoms with E-state index in [9.17, 15) is 19.2 Å². The number of carbonyl (C=O) groups excluding carboxylic acids is 4. The summed E-state index contributed by atoms with van der Waals surface area (Å²) in [4.78, 5) is 46.3. The summed E-state index contributed by atoms with van der Waals surface area (Å²) in [7, 11) is 0. The first-order valence-electron chi connectivity index (χ1n) is 9.63. The molecule has 0 amide bonds. The quantitative estimate of drug-likeness (QED) is 0.197. The van der Waals surface area contributed by atoms with Gasteiger partial charge in [0, 0.05) is 40.2 Å². The van der Waals surface area contributed by atoms with Gasteiger partial charge in [0.2, 0.25) is 0 Å². The van der Waals surface area contributed by atoms with Crippen LogP contribution in [0.3, 0.4) is 0 Å². The van der Waals surface area contributed by atoms with E-state index < -0.39 is 54.6 Å². The van der Waals surface area contributed by atoms with E-state index in [1.807, 2.05) is 0 Å². The Morgan fingerprint density at radius 1 is 0.767 bits per heavy atom. The third-order valence-corrected chi connectivity index (χ3v) is 4.28. The van der Waals surface area contributed by atoms with Crippen molar-refractivity contribution < 1.29 is 47.6 Å². The summed E-state index contributed by atoms with van der Waals surface area (Å²) in [6.45, 7) is 4.67. The van der Waals surface area contributed by atoms with E-state index in [4.69, 9.17) is 40.0 Å². The van der Waals surface area contributed by atoms with Gasteiger partial charge in [-0.25, -0.2) is 0 Å². The van der Waals surface area contributed by atoms with Crippen LogP contribution in [-0.4, -0.2) is 73.7 Å². The van der Waals surface area contributed by atoms with Crippen LogP contribution in [0.5, 0.6) is 0 Å². The van der Waals surface area contributed by atoms with Crippen molar-refractivity contribution in [1.29, 1.82) is 0 Å². The SMILES string of the molecule is CC(=O)OC[C@H]1O[C@H](OCCCCCCl)[C@@H](OC(C)=O)[C@@H](OC(C)=O)[C@@H]1OC(C)=O. The number of esters is 4. The Hall–Kier alpha value is -1.91. The minimum atomic E-state index is -1.22. The number of alkyl halides is 1. The molecule has 1 saturated heterocycles. The molecule has 172 valence electrons. The highest BCUT2D eigenvalue weighted by Crippen LogP contribution is 2.30. The maximum absolute atomic E-state index is 11.7. The lowest BCUT2D eigenvalue weighted by Gasteiger charge is -2.44. The van der Waals surface area contributed by atoms with Crippen LogP contribution >= 0.6 is 11.6 Å². The largest absolute Gasteiger partial charge is 0.463 e. The number of halogens is 1. The average molecular weight is 453 g/mol. The van der Waals surface area contributed by atoms with Crippen molar-refractivity contribution in [2.24, 2.45) is 0 Å². The van der Waals surface area contributed by atoms with E-state index in [1.165, 1.54) is 13.8 Å². The van der Waals surface area contributed by atoms with E-state index in [-0.39, 0.29) is 13.2 Å². The molecule has 0 aromatic rings. The molecule has 5 atom stereocenters. The van der Waals surface area contributed by atoms with Gasteiger partial charge in [0.05, 0.1) is 0 Å². The van der Waals surface area contributed by atoms with Gasteiger partial charge in [-0.2, -0.15) is 0 Å². The first kappa shape index (κ1) is 26.1. The van der Waals surface area contributed by atoms with E-state index in [0.29, 0.717) is 12.3 Å². The van der Waals surface area contributed by atoms with E-state index in [0.717, 1.165) is 26.7 Å². The van der Waals surface area contributed by atoms with Crippen LogP contribution in [0.25, 0.3) is 0 Å². The lowest BCUT2D eigenvalue weighted by Crippen LogP contribution is -2.63. The van der Waals surface area contributed by atoms with Gasteiger partial charge in [0.25, 0.3) is 0 Å². The molecule has 1 fully saturated rings. The number of carbonyl (C=O) groups is 4. The van der Waals surface area contributed by atoms with Gasteiger partial charge in [0.15, 0.2) is 24.6 Å². The molecule has 0 N–H and O–H groups in total. The summed E-state index contributed by atoms with van der Waals surface area (Å²) < 4.78 is 32.4. The average Bonchev–Trinajstić information content (AvgIpc) is 2.63. The van der Waals surface area contributed by atoms with Crippen molar-refractivity contribution in [1.82, 2.24) is 0 Å². The zero-order valence-corrected chi connectivity index (χ0v) is 18.3. The van der Waals surface area contributed by atoms with E-state index in [2.05, 4.69) is 0 Å². The normalized spacial score (nSPS) is 25.8. The van der Waals surface area contributed by atoms with Gasteiger partial charge in [0.1, 0.15) is 12.7 Å². The molecule has 1 rings (SSSR count).